The summed E-state index contributed by atoms with van der Waals surface area (Å²) in [4.78, 5) is 12.8. The molecule has 6 nitrogen and oxygen atoms in total. The maximum atomic E-state index is 12.8. The monoisotopic (exact) mass is 472 g/mol. The van der Waals surface area contributed by atoms with Crippen molar-refractivity contribution in [2.75, 3.05) is 23.7 Å². The largest absolute Gasteiger partial charge is 0.491 e. The number of rotatable bonds is 9. The summed E-state index contributed by atoms with van der Waals surface area (Å²) in [6.45, 7) is 6.13. The molecule has 0 aliphatic carbocycles. The number of nitrogens with one attached hydrogen (secondary N) is 1. The summed E-state index contributed by atoms with van der Waals surface area (Å²) < 4.78 is 31.8. The van der Waals surface area contributed by atoms with Gasteiger partial charge in [-0.2, -0.15) is 0 Å². The van der Waals surface area contributed by atoms with Crippen LogP contribution in [-0.2, 0) is 14.8 Å². The number of aryl methyl sites for hydroxylation is 2. The van der Waals surface area contributed by atoms with Gasteiger partial charge in [0.15, 0.2) is 0 Å². The number of anilines is 1. The van der Waals surface area contributed by atoms with Gasteiger partial charge in [-0.05, 0) is 55.7 Å². The second-order valence-corrected chi connectivity index (χ2v) is 9.69. The van der Waals surface area contributed by atoms with Crippen molar-refractivity contribution in [3.63, 3.8) is 0 Å². The van der Waals surface area contributed by atoms with Gasteiger partial charge in [0.1, 0.15) is 18.4 Å². The fourth-order valence-corrected chi connectivity index (χ4v) is 4.65. The first-order chi connectivity index (χ1) is 14.0. The Morgan fingerprint density at radius 2 is 1.87 bits per heavy atom. The van der Waals surface area contributed by atoms with E-state index in [0.29, 0.717) is 5.02 Å². The third-order valence-electron chi connectivity index (χ3n) is 4.48. The van der Waals surface area contributed by atoms with Crippen LogP contribution in [0.5, 0.6) is 5.75 Å². The van der Waals surface area contributed by atoms with E-state index in [1.165, 1.54) is 12.1 Å². The zero-order valence-corrected chi connectivity index (χ0v) is 19.7. The molecule has 0 unspecified atom stereocenters. The van der Waals surface area contributed by atoms with E-state index in [9.17, 15) is 13.2 Å². The molecule has 0 fully saturated rings. The third-order valence-corrected chi connectivity index (χ3v) is 6.20. The Bertz CT molecular complexity index is 1010. The Hall–Kier alpha value is -1.96. The van der Waals surface area contributed by atoms with Crippen LogP contribution in [0.4, 0.5) is 5.69 Å². The van der Waals surface area contributed by atoms with Crippen molar-refractivity contribution in [3.05, 3.63) is 57.6 Å². The number of sulfonamides is 1. The zero-order valence-electron chi connectivity index (χ0n) is 17.4. The fraction of sp³-hybridized carbons (Fsp3) is 0.381. The predicted molar refractivity (Wildman–Crippen MR) is 122 cm³/mol. The molecule has 0 aliphatic heterocycles. The minimum absolute atomic E-state index is 0.167. The van der Waals surface area contributed by atoms with E-state index in [4.69, 9.17) is 27.9 Å². The molecule has 9 heteroatoms. The molecular weight excluding hydrogens is 447 g/mol. The van der Waals surface area contributed by atoms with Gasteiger partial charge in [0.05, 0.1) is 23.5 Å². The lowest BCUT2D eigenvalue weighted by Gasteiger charge is -2.30. The Labute approximate surface area is 188 Å². The lowest BCUT2D eigenvalue weighted by Crippen LogP contribution is -2.50. The van der Waals surface area contributed by atoms with Gasteiger partial charge in [0.25, 0.3) is 0 Å². The van der Waals surface area contributed by atoms with Gasteiger partial charge in [0, 0.05) is 5.02 Å². The first-order valence-corrected chi connectivity index (χ1v) is 12.1. The molecule has 0 aliphatic rings. The standard InChI is InChI=1S/C21H26Cl2N2O4S/c1-5-18(25(30(4,27)28)19-13-16(22)8-9-17(19)23)21(26)24-10-11-29-20-12-14(2)6-7-15(20)3/h6-9,12-13,18H,5,10-11H2,1-4H3,(H,24,26)/t18-/m1/s1. The van der Waals surface area contributed by atoms with E-state index in [2.05, 4.69) is 5.32 Å². The minimum atomic E-state index is -3.80. The molecule has 2 aromatic carbocycles. The molecule has 2 aromatic rings. The van der Waals surface area contributed by atoms with Crippen LogP contribution in [0.1, 0.15) is 24.5 Å². The SMILES string of the molecule is CC[C@H](C(=O)NCCOc1cc(C)ccc1C)N(c1cc(Cl)ccc1Cl)S(C)(=O)=O. The highest BCUT2D eigenvalue weighted by atomic mass is 35.5. The van der Waals surface area contributed by atoms with Gasteiger partial charge < -0.3 is 10.1 Å². The van der Waals surface area contributed by atoms with Gasteiger partial charge in [-0.1, -0.05) is 42.3 Å². The van der Waals surface area contributed by atoms with E-state index in [-0.39, 0.29) is 30.3 Å². The van der Waals surface area contributed by atoms with E-state index in [1.807, 2.05) is 32.0 Å². The molecule has 1 atom stereocenters. The van der Waals surface area contributed by atoms with E-state index < -0.39 is 22.0 Å². The van der Waals surface area contributed by atoms with Crippen LogP contribution < -0.4 is 14.4 Å². The lowest BCUT2D eigenvalue weighted by molar-refractivity contribution is -0.122. The van der Waals surface area contributed by atoms with Gasteiger partial charge >= 0.3 is 0 Å². The Morgan fingerprint density at radius 1 is 1.17 bits per heavy atom. The van der Waals surface area contributed by atoms with Crippen molar-refractivity contribution >= 4 is 44.8 Å². The Balaban J connectivity index is 2.12. The molecule has 0 heterocycles. The molecule has 0 radical (unpaired) electrons. The van der Waals surface area contributed by atoms with Gasteiger partial charge in [-0.15, -0.1) is 0 Å². The number of hydrogen-bond donors (Lipinski definition) is 1. The molecule has 164 valence electrons. The van der Waals surface area contributed by atoms with Gasteiger partial charge in [0.2, 0.25) is 15.9 Å². The maximum Gasteiger partial charge on any atom is 0.244 e. The van der Waals surface area contributed by atoms with Crippen molar-refractivity contribution in [1.29, 1.82) is 0 Å². The topological polar surface area (TPSA) is 75.7 Å². The van der Waals surface area contributed by atoms with Crippen LogP contribution in [0, 0.1) is 13.8 Å². The number of nitrogens with zero attached hydrogens (tertiary/aromatic N) is 1. The van der Waals surface area contributed by atoms with Crippen molar-refractivity contribution < 1.29 is 17.9 Å². The number of ether oxygens (including phenoxy) is 1. The van der Waals surface area contributed by atoms with Crippen molar-refractivity contribution in [3.8, 4) is 5.75 Å². The summed E-state index contributed by atoms with van der Waals surface area (Å²) in [5.41, 5.74) is 2.24. The molecule has 2 rings (SSSR count). The molecule has 1 N–H and O–H groups in total. The van der Waals surface area contributed by atoms with Crippen molar-refractivity contribution in [1.82, 2.24) is 5.32 Å². The highest BCUT2D eigenvalue weighted by Gasteiger charge is 2.32. The molecule has 1 amide bonds. The number of carbonyl (C=O) groups is 1. The van der Waals surface area contributed by atoms with Crippen LogP contribution in [0.3, 0.4) is 0 Å². The first kappa shape index (κ1) is 24.3. The summed E-state index contributed by atoms with van der Waals surface area (Å²) in [6, 6.07) is 9.41. The average molecular weight is 473 g/mol. The zero-order chi connectivity index (χ0) is 22.5. The van der Waals surface area contributed by atoms with Crippen LogP contribution in [0.25, 0.3) is 0 Å². The van der Waals surface area contributed by atoms with Crippen LogP contribution in [-0.4, -0.2) is 39.8 Å². The summed E-state index contributed by atoms with van der Waals surface area (Å²) >= 11 is 12.2. The molecule has 0 spiro atoms. The highest BCUT2D eigenvalue weighted by Crippen LogP contribution is 2.32. The molecular formula is C21H26Cl2N2O4S. The predicted octanol–water partition coefficient (Wildman–Crippen LogP) is 4.35. The minimum Gasteiger partial charge on any atom is -0.491 e. The summed E-state index contributed by atoms with van der Waals surface area (Å²) in [7, 11) is -3.80. The van der Waals surface area contributed by atoms with Crippen molar-refractivity contribution in [2.24, 2.45) is 0 Å². The summed E-state index contributed by atoms with van der Waals surface area (Å²) in [5, 5.41) is 3.26. The Morgan fingerprint density at radius 3 is 2.50 bits per heavy atom. The third kappa shape index (κ3) is 6.27. The number of hydrogen-bond acceptors (Lipinski definition) is 4. The normalized spacial score (nSPS) is 12.3. The summed E-state index contributed by atoms with van der Waals surface area (Å²) in [5.74, 6) is 0.309. The second kappa shape index (κ2) is 10.4. The number of benzene rings is 2. The second-order valence-electron chi connectivity index (χ2n) is 6.99. The van der Waals surface area contributed by atoms with E-state index in [0.717, 1.165) is 27.4 Å². The van der Waals surface area contributed by atoms with Crippen LogP contribution in [0.15, 0.2) is 36.4 Å². The van der Waals surface area contributed by atoms with E-state index in [1.54, 1.807) is 13.0 Å². The van der Waals surface area contributed by atoms with Gasteiger partial charge in [-0.3, -0.25) is 9.10 Å². The number of carbonyl (C=O) groups excluding carboxylic acids is 1. The fourth-order valence-electron chi connectivity index (χ4n) is 3.01. The number of halogens is 2. The molecule has 30 heavy (non-hydrogen) atoms. The maximum absolute atomic E-state index is 12.8. The quantitative estimate of drug-likeness (QED) is 0.550. The van der Waals surface area contributed by atoms with Crippen LogP contribution in [0.2, 0.25) is 10.0 Å². The average Bonchev–Trinajstić information content (AvgIpc) is 2.66. The highest BCUT2D eigenvalue weighted by molar-refractivity contribution is 7.92. The number of amides is 1. The molecule has 0 bridgehead atoms. The lowest BCUT2D eigenvalue weighted by atomic mass is 10.1. The van der Waals surface area contributed by atoms with E-state index >= 15 is 0 Å². The molecule has 0 saturated heterocycles. The first-order valence-electron chi connectivity index (χ1n) is 9.46. The smallest absolute Gasteiger partial charge is 0.244 e. The Kier molecular flexibility index (Phi) is 8.41. The van der Waals surface area contributed by atoms with Gasteiger partial charge in [-0.25, -0.2) is 8.42 Å². The van der Waals surface area contributed by atoms with Crippen molar-refractivity contribution in [2.45, 2.75) is 33.2 Å². The summed E-state index contributed by atoms with van der Waals surface area (Å²) in [6.07, 6.45) is 1.28. The molecule has 0 aromatic heterocycles. The molecule has 0 saturated carbocycles. The van der Waals surface area contributed by atoms with Crippen LogP contribution >= 0.6 is 23.2 Å².